The molecule has 1 aliphatic heterocycles. The summed E-state index contributed by atoms with van der Waals surface area (Å²) in [6, 6.07) is -0.00689. The molecular weight excluding hydrogens is 234 g/mol. The van der Waals surface area contributed by atoms with E-state index in [1.54, 1.807) is 6.92 Å². The van der Waals surface area contributed by atoms with Crippen molar-refractivity contribution in [1.29, 1.82) is 0 Å². The minimum atomic E-state index is -1.07. The summed E-state index contributed by atoms with van der Waals surface area (Å²) in [5.74, 6) is 0.385. The number of ketones is 1. The smallest absolute Gasteiger partial charge is 0.157 e. The zero-order valence-corrected chi connectivity index (χ0v) is 12.4. The lowest BCUT2D eigenvalue weighted by Crippen LogP contribution is -2.44. The van der Waals surface area contributed by atoms with Crippen LogP contribution in [0.2, 0.25) is 0 Å². The predicted octanol–water partition coefficient (Wildman–Crippen LogP) is 2.30. The highest BCUT2D eigenvalue weighted by Crippen LogP contribution is 2.30. The van der Waals surface area contributed by atoms with Gasteiger partial charge in [-0.2, -0.15) is 0 Å². The number of rotatable bonds is 3. The normalized spacial score (nSPS) is 23.9. The fourth-order valence-electron chi connectivity index (χ4n) is 2.14. The maximum Gasteiger partial charge on any atom is 0.157 e. The van der Waals surface area contributed by atoms with E-state index in [-0.39, 0.29) is 16.6 Å². The molecule has 0 saturated carbocycles. The molecule has 0 fully saturated rings. The molecule has 98 valence electrons. The molecule has 0 N–H and O–H groups in total. The number of hydrogen-bond donors (Lipinski definition) is 0. The Morgan fingerprint density at radius 3 is 2.35 bits per heavy atom. The summed E-state index contributed by atoms with van der Waals surface area (Å²) in [6.07, 6.45) is 1.93. The van der Waals surface area contributed by atoms with Gasteiger partial charge in [-0.1, -0.05) is 19.9 Å². The van der Waals surface area contributed by atoms with E-state index < -0.39 is 11.0 Å². The van der Waals surface area contributed by atoms with Crippen molar-refractivity contribution >= 4 is 16.8 Å². The van der Waals surface area contributed by atoms with Gasteiger partial charge in [0, 0.05) is 12.1 Å². The topological polar surface area (TPSA) is 37.4 Å². The first-order chi connectivity index (χ1) is 7.66. The number of Topliss-reactive ketones (excluding diaryl/α,β-unsaturated/α-hetero) is 1. The Morgan fingerprint density at radius 1 is 1.47 bits per heavy atom. The van der Waals surface area contributed by atoms with Crippen LogP contribution < -0.4 is 0 Å². The zero-order valence-electron chi connectivity index (χ0n) is 11.6. The third kappa shape index (κ3) is 3.05. The van der Waals surface area contributed by atoms with Crippen molar-refractivity contribution < 1.29 is 9.00 Å². The molecule has 0 saturated heterocycles. The molecule has 1 rings (SSSR count). The van der Waals surface area contributed by atoms with Crippen LogP contribution in [0.25, 0.3) is 0 Å². The Labute approximate surface area is 107 Å². The van der Waals surface area contributed by atoms with Crippen LogP contribution in [0, 0.1) is 5.92 Å². The minimum Gasteiger partial charge on any atom is -0.295 e. The van der Waals surface area contributed by atoms with Gasteiger partial charge in [-0.05, 0) is 33.6 Å². The van der Waals surface area contributed by atoms with Gasteiger partial charge in [0.1, 0.15) is 11.0 Å². The molecule has 0 radical (unpaired) electrons. The molecule has 0 amide bonds. The van der Waals surface area contributed by atoms with E-state index in [0.29, 0.717) is 12.5 Å². The molecule has 0 aromatic carbocycles. The van der Waals surface area contributed by atoms with Gasteiger partial charge in [0.2, 0.25) is 0 Å². The van der Waals surface area contributed by atoms with Gasteiger partial charge in [0.25, 0.3) is 0 Å². The van der Waals surface area contributed by atoms with Crippen molar-refractivity contribution in [3.63, 3.8) is 0 Å². The van der Waals surface area contributed by atoms with E-state index in [1.165, 1.54) is 0 Å². The number of carbonyl (C=O) groups is 1. The van der Waals surface area contributed by atoms with Crippen LogP contribution in [-0.4, -0.2) is 31.6 Å². The molecule has 0 aliphatic carbocycles. The van der Waals surface area contributed by atoms with Gasteiger partial charge in [-0.3, -0.25) is 4.79 Å². The first-order valence-electron chi connectivity index (χ1n) is 6.06. The molecule has 0 aromatic heterocycles. The van der Waals surface area contributed by atoms with Gasteiger partial charge >= 0.3 is 0 Å². The lowest BCUT2D eigenvalue weighted by molar-refractivity contribution is -0.114. The SMILES string of the molecule is CC(=O)C1=CCN([S@@](=O)C(C)(C)C)[C@@H]1C(C)C. The van der Waals surface area contributed by atoms with Gasteiger partial charge < -0.3 is 0 Å². The maximum absolute atomic E-state index is 12.4. The third-order valence-corrected chi connectivity index (χ3v) is 4.74. The quantitative estimate of drug-likeness (QED) is 0.778. The molecule has 3 nitrogen and oxygen atoms in total. The van der Waals surface area contributed by atoms with Gasteiger partial charge in [-0.15, -0.1) is 0 Å². The first-order valence-corrected chi connectivity index (χ1v) is 7.16. The molecule has 4 heteroatoms. The van der Waals surface area contributed by atoms with E-state index >= 15 is 0 Å². The van der Waals surface area contributed by atoms with Gasteiger partial charge in [0.15, 0.2) is 5.78 Å². The predicted molar refractivity (Wildman–Crippen MR) is 72.0 cm³/mol. The summed E-state index contributed by atoms with van der Waals surface area (Å²) in [7, 11) is -1.07. The fraction of sp³-hybridized carbons (Fsp3) is 0.769. The summed E-state index contributed by atoms with van der Waals surface area (Å²) in [5.41, 5.74) is 0.817. The molecule has 17 heavy (non-hydrogen) atoms. The second-order valence-electron chi connectivity index (χ2n) is 5.87. The summed E-state index contributed by atoms with van der Waals surface area (Å²) in [4.78, 5) is 11.6. The van der Waals surface area contributed by atoms with Crippen molar-refractivity contribution in [3.05, 3.63) is 11.6 Å². The molecule has 0 bridgehead atoms. The molecule has 0 spiro atoms. The summed E-state index contributed by atoms with van der Waals surface area (Å²) >= 11 is 0. The van der Waals surface area contributed by atoms with Crippen LogP contribution in [0.4, 0.5) is 0 Å². The van der Waals surface area contributed by atoms with Crippen LogP contribution in [0.15, 0.2) is 11.6 Å². The van der Waals surface area contributed by atoms with Crippen molar-refractivity contribution in [2.75, 3.05) is 6.54 Å². The molecule has 0 aromatic rings. The largest absolute Gasteiger partial charge is 0.295 e. The highest BCUT2D eigenvalue weighted by Gasteiger charge is 2.38. The van der Waals surface area contributed by atoms with E-state index in [9.17, 15) is 9.00 Å². The Bertz CT molecular complexity index is 366. The third-order valence-electron chi connectivity index (χ3n) is 2.89. The Morgan fingerprint density at radius 2 is 2.00 bits per heavy atom. The van der Waals surface area contributed by atoms with E-state index in [4.69, 9.17) is 0 Å². The Balaban J connectivity index is 2.99. The average Bonchev–Trinajstić information content (AvgIpc) is 2.58. The van der Waals surface area contributed by atoms with Gasteiger partial charge in [-0.25, -0.2) is 8.51 Å². The van der Waals surface area contributed by atoms with Crippen molar-refractivity contribution in [2.45, 2.75) is 52.3 Å². The minimum absolute atomic E-state index is 0.00689. The van der Waals surface area contributed by atoms with Crippen LogP contribution in [0.1, 0.15) is 41.5 Å². The standard InChI is InChI=1S/C13H23NO2S/c1-9(2)12-11(10(3)15)7-8-14(12)17(16)13(4,5)6/h7,9,12H,8H2,1-6H3/t12-,17+/m1/s1. The van der Waals surface area contributed by atoms with Crippen molar-refractivity contribution in [2.24, 2.45) is 5.92 Å². The van der Waals surface area contributed by atoms with Crippen LogP contribution in [-0.2, 0) is 15.8 Å². The maximum atomic E-state index is 12.4. The van der Waals surface area contributed by atoms with Gasteiger partial charge in [0.05, 0.1) is 10.8 Å². The lowest BCUT2D eigenvalue weighted by Gasteiger charge is -2.33. The van der Waals surface area contributed by atoms with Crippen molar-refractivity contribution in [3.8, 4) is 0 Å². The highest BCUT2D eigenvalue weighted by molar-refractivity contribution is 7.84. The zero-order chi connectivity index (χ0) is 13.4. The Hall–Kier alpha value is -0.480. The number of hydrogen-bond acceptors (Lipinski definition) is 2. The molecular formula is C13H23NO2S. The van der Waals surface area contributed by atoms with E-state index in [0.717, 1.165) is 5.57 Å². The summed E-state index contributed by atoms with van der Waals surface area (Å²) in [6.45, 7) is 12.2. The lowest BCUT2D eigenvalue weighted by atomic mass is 9.96. The second kappa shape index (κ2) is 5.02. The first kappa shape index (κ1) is 14.6. The fourth-order valence-corrected chi connectivity index (χ4v) is 3.62. The summed E-state index contributed by atoms with van der Waals surface area (Å²) in [5, 5.41) is 0. The molecule has 0 unspecified atom stereocenters. The number of nitrogens with zero attached hydrogens (tertiary/aromatic N) is 1. The van der Waals surface area contributed by atoms with Crippen molar-refractivity contribution in [1.82, 2.24) is 4.31 Å². The molecule has 1 heterocycles. The second-order valence-corrected chi connectivity index (χ2v) is 8.06. The van der Waals surface area contributed by atoms with E-state index in [1.807, 2.05) is 31.2 Å². The van der Waals surface area contributed by atoms with Crippen LogP contribution >= 0.6 is 0 Å². The Kier molecular flexibility index (Phi) is 4.31. The average molecular weight is 257 g/mol. The number of carbonyl (C=O) groups excluding carboxylic acids is 1. The van der Waals surface area contributed by atoms with Crippen LogP contribution in [0.3, 0.4) is 0 Å². The highest BCUT2D eigenvalue weighted by atomic mass is 32.2. The monoisotopic (exact) mass is 257 g/mol. The van der Waals surface area contributed by atoms with E-state index in [2.05, 4.69) is 13.8 Å². The molecule has 1 aliphatic rings. The van der Waals surface area contributed by atoms with Crippen LogP contribution in [0.5, 0.6) is 0 Å². The molecule has 2 atom stereocenters. The summed E-state index contributed by atoms with van der Waals surface area (Å²) < 4.78 is 14.1.